The number of carbonyl (C=O) groups is 1. The molecule has 0 N–H and O–H groups in total. The Morgan fingerprint density at radius 3 is 2.68 bits per heavy atom. The Bertz CT molecular complexity index is 526. The monoisotopic (exact) mass is 265 g/mol. The molecule has 0 saturated carbocycles. The highest BCUT2D eigenvalue weighted by Crippen LogP contribution is 2.28. The van der Waals surface area contributed by atoms with Gasteiger partial charge in [0.05, 0.1) is 22.8 Å². The first kappa shape index (κ1) is 14.6. The number of esters is 1. The Morgan fingerprint density at radius 1 is 1.63 bits per heavy atom. The lowest BCUT2D eigenvalue weighted by molar-refractivity contribution is -0.384. The second kappa shape index (κ2) is 5.94. The van der Waals surface area contributed by atoms with E-state index in [-0.39, 0.29) is 29.4 Å². The first-order valence-electron chi connectivity index (χ1n) is 5.58. The van der Waals surface area contributed by atoms with Gasteiger partial charge in [0.1, 0.15) is 0 Å². The first-order valence-corrected chi connectivity index (χ1v) is 5.58. The number of nitrogens with zero attached hydrogens (tertiary/aromatic N) is 3. The summed E-state index contributed by atoms with van der Waals surface area (Å²) in [7, 11) is 3.26. The van der Waals surface area contributed by atoms with Crippen molar-refractivity contribution in [3.63, 3.8) is 0 Å². The van der Waals surface area contributed by atoms with Crippen molar-refractivity contribution in [1.29, 1.82) is 0 Å². The van der Waals surface area contributed by atoms with Crippen LogP contribution in [-0.2, 0) is 4.74 Å². The van der Waals surface area contributed by atoms with Crippen LogP contribution in [0, 0.1) is 10.1 Å². The number of anilines is 1. The predicted octanol–water partition coefficient (Wildman–Crippen LogP) is 1.88. The molecule has 0 aliphatic heterocycles. The van der Waals surface area contributed by atoms with Gasteiger partial charge in [-0.25, -0.2) is 9.78 Å². The zero-order valence-corrected chi connectivity index (χ0v) is 11.0. The van der Waals surface area contributed by atoms with E-state index in [4.69, 9.17) is 4.74 Å². The molecular weight excluding hydrogens is 250 g/mol. The van der Waals surface area contributed by atoms with Crippen LogP contribution in [0.2, 0.25) is 0 Å². The summed E-state index contributed by atoms with van der Waals surface area (Å²) in [6.07, 6.45) is 1.36. The maximum Gasteiger partial charge on any atom is 0.340 e. The average molecular weight is 265 g/mol. The van der Waals surface area contributed by atoms with Gasteiger partial charge in [-0.1, -0.05) is 6.58 Å². The molecule has 1 rings (SSSR count). The minimum atomic E-state index is -0.654. The van der Waals surface area contributed by atoms with E-state index in [2.05, 4.69) is 11.6 Å². The normalized spacial score (nSPS) is 9.84. The lowest BCUT2D eigenvalue weighted by atomic mass is 10.1. The van der Waals surface area contributed by atoms with Crippen molar-refractivity contribution in [2.45, 2.75) is 6.92 Å². The number of rotatable bonds is 5. The van der Waals surface area contributed by atoms with Gasteiger partial charge in [-0.15, -0.1) is 0 Å². The van der Waals surface area contributed by atoms with Crippen LogP contribution < -0.4 is 4.90 Å². The maximum absolute atomic E-state index is 11.7. The zero-order valence-electron chi connectivity index (χ0n) is 11.0. The van der Waals surface area contributed by atoms with E-state index in [1.165, 1.54) is 11.0 Å². The van der Waals surface area contributed by atoms with Crippen molar-refractivity contribution in [2.24, 2.45) is 0 Å². The van der Waals surface area contributed by atoms with Crippen LogP contribution in [0.4, 0.5) is 11.5 Å². The molecule has 1 heterocycles. The van der Waals surface area contributed by atoms with E-state index in [1.807, 2.05) is 0 Å². The van der Waals surface area contributed by atoms with Crippen LogP contribution in [0.25, 0.3) is 6.08 Å². The smallest absolute Gasteiger partial charge is 0.340 e. The van der Waals surface area contributed by atoms with Crippen molar-refractivity contribution >= 4 is 23.6 Å². The van der Waals surface area contributed by atoms with Crippen molar-refractivity contribution in [1.82, 2.24) is 4.98 Å². The van der Waals surface area contributed by atoms with Crippen LogP contribution >= 0.6 is 0 Å². The van der Waals surface area contributed by atoms with Crippen LogP contribution in [0.1, 0.15) is 23.0 Å². The van der Waals surface area contributed by atoms with Crippen LogP contribution in [-0.4, -0.2) is 36.6 Å². The summed E-state index contributed by atoms with van der Waals surface area (Å²) >= 11 is 0. The summed E-state index contributed by atoms with van der Waals surface area (Å²) in [5, 5.41) is 11.0. The summed E-state index contributed by atoms with van der Waals surface area (Å²) < 4.78 is 4.84. The topological polar surface area (TPSA) is 85.6 Å². The molecule has 0 unspecified atom stereocenters. The van der Waals surface area contributed by atoms with Crippen molar-refractivity contribution in [3.8, 4) is 0 Å². The van der Waals surface area contributed by atoms with Gasteiger partial charge in [0.25, 0.3) is 0 Å². The molecule has 0 saturated heterocycles. The summed E-state index contributed by atoms with van der Waals surface area (Å²) in [5.41, 5.74) is 0.0422. The molecule has 1 aromatic heterocycles. The Balaban J connectivity index is 3.48. The first-order chi connectivity index (χ1) is 8.92. The molecule has 0 amide bonds. The zero-order chi connectivity index (χ0) is 14.6. The summed E-state index contributed by atoms with van der Waals surface area (Å²) in [6.45, 7) is 5.38. The van der Waals surface area contributed by atoms with E-state index >= 15 is 0 Å². The van der Waals surface area contributed by atoms with Crippen molar-refractivity contribution in [3.05, 3.63) is 34.0 Å². The largest absolute Gasteiger partial charge is 0.462 e. The number of pyridine rings is 1. The summed E-state index contributed by atoms with van der Waals surface area (Å²) in [6, 6.07) is 1.16. The van der Waals surface area contributed by atoms with Gasteiger partial charge >= 0.3 is 11.7 Å². The minimum Gasteiger partial charge on any atom is -0.462 e. The Kier molecular flexibility index (Phi) is 4.57. The molecule has 0 aromatic carbocycles. The maximum atomic E-state index is 11.7. The van der Waals surface area contributed by atoms with Gasteiger partial charge in [0.2, 0.25) is 5.82 Å². The molecule has 0 radical (unpaired) electrons. The molecule has 102 valence electrons. The van der Waals surface area contributed by atoms with E-state index < -0.39 is 10.9 Å². The Hall–Kier alpha value is -2.44. The van der Waals surface area contributed by atoms with Crippen molar-refractivity contribution in [2.75, 3.05) is 25.6 Å². The molecule has 0 aliphatic carbocycles. The molecule has 7 nitrogen and oxygen atoms in total. The number of aromatic nitrogens is 1. The van der Waals surface area contributed by atoms with E-state index in [1.54, 1.807) is 21.0 Å². The second-order valence-corrected chi connectivity index (χ2v) is 3.84. The van der Waals surface area contributed by atoms with Crippen molar-refractivity contribution < 1.29 is 14.5 Å². The van der Waals surface area contributed by atoms with Gasteiger partial charge in [-0.2, -0.15) is 0 Å². The minimum absolute atomic E-state index is 0.0363. The average Bonchev–Trinajstić information content (AvgIpc) is 2.37. The molecule has 1 aromatic rings. The molecule has 7 heteroatoms. The number of nitro groups is 1. The van der Waals surface area contributed by atoms with Gasteiger partial charge in [-0.05, 0) is 13.0 Å². The second-order valence-electron chi connectivity index (χ2n) is 3.84. The molecule has 0 spiro atoms. The fourth-order valence-corrected chi connectivity index (χ4v) is 1.50. The van der Waals surface area contributed by atoms with E-state index in [0.717, 1.165) is 6.07 Å². The highest BCUT2D eigenvalue weighted by atomic mass is 16.6. The molecule has 0 bridgehead atoms. The van der Waals surface area contributed by atoms with Crippen LogP contribution in [0.15, 0.2) is 12.6 Å². The summed E-state index contributed by atoms with van der Waals surface area (Å²) in [4.78, 5) is 27.7. The molecule has 0 fully saturated rings. The molecule has 0 atom stereocenters. The number of hydrogen-bond donors (Lipinski definition) is 0. The third-order valence-electron chi connectivity index (χ3n) is 2.32. The van der Waals surface area contributed by atoms with Gasteiger partial charge in [0.15, 0.2) is 0 Å². The number of hydrogen-bond acceptors (Lipinski definition) is 6. The van der Waals surface area contributed by atoms with Crippen LogP contribution in [0.3, 0.4) is 0 Å². The van der Waals surface area contributed by atoms with Gasteiger partial charge in [0, 0.05) is 20.2 Å². The molecule has 19 heavy (non-hydrogen) atoms. The Labute approximate surface area is 110 Å². The fourth-order valence-electron chi connectivity index (χ4n) is 1.50. The standard InChI is InChI=1S/C12H15N3O4/c1-5-9-8(12(16)19-6-2)7-10(15(17)18)11(13-9)14(3)4/h5,7H,1,6H2,2-4H3. The molecule has 0 aliphatic rings. The highest BCUT2D eigenvalue weighted by Gasteiger charge is 2.24. The molecular formula is C12H15N3O4. The lowest BCUT2D eigenvalue weighted by Crippen LogP contribution is -2.16. The van der Waals surface area contributed by atoms with Gasteiger partial charge in [-0.3, -0.25) is 10.1 Å². The predicted molar refractivity (Wildman–Crippen MR) is 71.3 cm³/mol. The third-order valence-corrected chi connectivity index (χ3v) is 2.32. The highest BCUT2D eigenvalue weighted by molar-refractivity contribution is 5.94. The third kappa shape index (κ3) is 3.06. The van der Waals surface area contributed by atoms with E-state index in [0.29, 0.717) is 0 Å². The SMILES string of the molecule is C=Cc1nc(N(C)C)c([N+](=O)[O-])cc1C(=O)OCC. The van der Waals surface area contributed by atoms with E-state index in [9.17, 15) is 14.9 Å². The van der Waals surface area contributed by atoms with Gasteiger partial charge < -0.3 is 9.64 Å². The quantitative estimate of drug-likeness (QED) is 0.459. The Morgan fingerprint density at radius 2 is 2.26 bits per heavy atom. The van der Waals surface area contributed by atoms with Crippen LogP contribution in [0.5, 0.6) is 0 Å². The lowest BCUT2D eigenvalue weighted by Gasteiger charge is -2.14. The summed E-state index contributed by atoms with van der Waals surface area (Å²) in [5.74, 6) is -0.494. The number of carbonyl (C=O) groups excluding carboxylic acids is 1. The number of ether oxygens (including phenoxy) is 1. The fraction of sp³-hybridized carbons (Fsp3) is 0.333.